The summed E-state index contributed by atoms with van der Waals surface area (Å²) in [6.07, 6.45) is 0.454. The first-order valence-electron chi connectivity index (χ1n) is 7.73. The summed E-state index contributed by atoms with van der Waals surface area (Å²) in [5.41, 5.74) is 3.39. The molecule has 0 unspecified atom stereocenters. The normalized spacial score (nSPS) is 12.6. The second-order valence-electron chi connectivity index (χ2n) is 6.07. The molecule has 5 heteroatoms. The monoisotopic (exact) mass is 319 g/mol. The first-order chi connectivity index (χ1) is 10.4. The molecule has 0 aliphatic rings. The van der Waals surface area contributed by atoms with Gasteiger partial charge in [-0.2, -0.15) is 5.10 Å². The summed E-state index contributed by atoms with van der Waals surface area (Å²) in [6, 6.07) is 4.20. The van der Waals surface area contributed by atoms with Crippen LogP contribution in [0.3, 0.4) is 0 Å². The van der Waals surface area contributed by atoms with Crippen LogP contribution in [0.15, 0.2) is 17.5 Å². The maximum absolute atomic E-state index is 12.3. The summed E-state index contributed by atoms with van der Waals surface area (Å²) in [5, 5.41) is 9.70. The molecule has 2 aromatic rings. The molecule has 22 heavy (non-hydrogen) atoms. The minimum atomic E-state index is 0.0808. The summed E-state index contributed by atoms with van der Waals surface area (Å²) < 4.78 is 1.93. The largest absolute Gasteiger partial charge is 0.348 e. The quantitative estimate of drug-likeness (QED) is 0.881. The Bertz CT molecular complexity index is 629. The third-order valence-corrected chi connectivity index (χ3v) is 5.08. The number of nitrogens with zero attached hydrogens (tertiary/aromatic N) is 2. The van der Waals surface area contributed by atoms with E-state index in [1.807, 2.05) is 17.7 Å². The van der Waals surface area contributed by atoms with Crippen molar-refractivity contribution in [3.8, 4) is 0 Å². The van der Waals surface area contributed by atoms with Gasteiger partial charge < -0.3 is 5.32 Å². The van der Waals surface area contributed by atoms with Crippen molar-refractivity contribution in [1.82, 2.24) is 15.1 Å². The molecule has 0 aromatic carbocycles. The zero-order chi connectivity index (χ0) is 16.3. The highest BCUT2D eigenvalue weighted by Crippen LogP contribution is 2.25. The summed E-state index contributed by atoms with van der Waals surface area (Å²) in [7, 11) is 0. The number of aryl methyl sites for hydroxylation is 2. The topological polar surface area (TPSA) is 46.9 Å². The fourth-order valence-electron chi connectivity index (χ4n) is 2.49. The Morgan fingerprint density at radius 2 is 2.09 bits per heavy atom. The van der Waals surface area contributed by atoms with E-state index in [1.54, 1.807) is 11.3 Å². The molecule has 0 spiro atoms. The lowest BCUT2D eigenvalue weighted by molar-refractivity contribution is -0.122. The molecule has 0 aliphatic carbocycles. The Morgan fingerprint density at radius 3 is 2.59 bits per heavy atom. The van der Waals surface area contributed by atoms with Crippen molar-refractivity contribution in [3.05, 3.63) is 39.3 Å². The van der Waals surface area contributed by atoms with E-state index in [1.165, 1.54) is 10.4 Å². The van der Waals surface area contributed by atoms with Crippen LogP contribution >= 0.6 is 11.3 Å². The highest BCUT2D eigenvalue weighted by molar-refractivity contribution is 7.10. The number of thiophene rings is 1. The van der Waals surface area contributed by atoms with Gasteiger partial charge in [-0.15, -0.1) is 11.3 Å². The molecule has 0 radical (unpaired) electrons. The SMILES string of the molecule is Cc1nn(CCC(=O)N[C@H](c2cccs2)C(C)C)c(C)c1C. The molecule has 2 aromatic heterocycles. The molecular weight excluding hydrogens is 294 g/mol. The van der Waals surface area contributed by atoms with E-state index in [0.717, 1.165) is 11.4 Å². The lowest BCUT2D eigenvalue weighted by Crippen LogP contribution is -2.31. The minimum Gasteiger partial charge on any atom is -0.348 e. The number of hydrogen-bond donors (Lipinski definition) is 1. The third-order valence-electron chi connectivity index (χ3n) is 4.13. The number of hydrogen-bond acceptors (Lipinski definition) is 3. The number of aromatic nitrogens is 2. The summed E-state index contributed by atoms with van der Waals surface area (Å²) in [4.78, 5) is 13.5. The number of carbonyl (C=O) groups excluding carboxylic acids is 1. The van der Waals surface area contributed by atoms with E-state index >= 15 is 0 Å². The van der Waals surface area contributed by atoms with Gasteiger partial charge in [-0.05, 0) is 43.7 Å². The smallest absolute Gasteiger partial charge is 0.222 e. The van der Waals surface area contributed by atoms with Gasteiger partial charge in [0.1, 0.15) is 0 Å². The molecule has 0 fully saturated rings. The Kier molecular flexibility index (Phi) is 5.40. The van der Waals surface area contributed by atoms with Crippen molar-refractivity contribution < 1.29 is 4.79 Å². The van der Waals surface area contributed by atoms with Crippen LogP contribution < -0.4 is 5.32 Å². The molecule has 1 atom stereocenters. The number of rotatable bonds is 6. The zero-order valence-corrected chi connectivity index (χ0v) is 14.8. The van der Waals surface area contributed by atoms with Crippen LogP contribution in [-0.2, 0) is 11.3 Å². The van der Waals surface area contributed by atoms with Crippen LogP contribution in [0.5, 0.6) is 0 Å². The van der Waals surface area contributed by atoms with E-state index < -0.39 is 0 Å². The fraction of sp³-hybridized carbons (Fsp3) is 0.529. The third kappa shape index (κ3) is 3.77. The van der Waals surface area contributed by atoms with Crippen LogP contribution in [0.2, 0.25) is 0 Å². The van der Waals surface area contributed by atoms with Gasteiger partial charge in [0.25, 0.3) is 0 Å². The Morgan fingerprint density at radius 1 is 1.36 bits per heavy atom. The molecule has 0 aliphatic heterocycles. The molecule has 4 nitrogen and oxygen atoms in total. The van der Waals surface area contributed by atoms with E-state index in [2.05, 4.69) is 49.6 Å². The minimum absolute atomic E-state index is 0.0808. The van der Waals surface area contributed by atoms with E-state index in [4.69, 9.17) is 0 Å². The zero-order valence-electron chi connectivity index (χ0n) is 14.0. The van der Waals surface area contributed by atoms with Crippen LogP contribution in [0.4, 0.5) is 0 Å². The Labute approximate surface area is 136 Å². The second kappa shape index (κ2) is 7.09. The number of carbonyl (C=O) groups is 1. The van der Waals surface area contributed by atoms with Gasteiger partial charge in [-0.1, -0.05) is 19.9 Å². The predicted molar refractivity (Wildman–Crippen MR) is 91.1 cm³/mol. The summed E-state index contributed by atoms with van der Waals surface area (Å²) in [5.74, 6) is 0.454. The van der Waals surface area contributed by atoms with Crippen molar-refractivity contribution in [3.63, 3.8) is 0 Å². The number of amides is 1. The van der Waals surface area contributed by atoms with Gasteiger partial charge in [0, 0.05) is 23.5 Å². The van der Waals surface area contributed by atoms with Gasteiger partial charge in [0.15, 0.2) is 0 Å². The first kappa shape index (κ1) is 16.7. The standard InChI is InChI=1S/C17H25N3OS/c1-11(2)17(15-7-6-10-22-15)18-16(21)8-9-20-14(5)12(3)13(4)19-20/h6-7,10-11,17H,8-9H2,1-5H3,(H,18,21)/t17-/m0/s1. The molecule has 1 N–H and O–H groups in total. The Hall–Kier alpha value is -1.62. The Balaban J connectivity index is 1.96. The molecule has 0 saturated heterocycles. The van der Waals surface area contributed by atoms with Crippen LogP contribution in [0, 0.1) is 26.7 Å². The van der Waals surface area contributed by atoms with Gasteiger partial charge in [0.2, 0.25) is 5.91 Å². The molecule has 2 heterocycles. The summed E-state index contributed by atoms with van der Waals surface area (Å²) >= 11 is 1.69. The van der Waals surface area contributed by atoms with Gasteiger partial charge in [-0.3, -0.25) is 9.48 Å². The van der Waals surface area contributed by atoms with Crippen molar-refractivity contribution in [2.75, 3.05) is 0 Å². The number of nitrogens with one attached hydrogen (secondary N) is 1. The van der Waals surface area contributed by atoms with Crippen molar-refractivity contribution in [2.24, 2.45) is 5.92 Å². The maximum atomic E-state index is 12.3. The van der Waals surface area contributed by atoms with Gasteiger partial charge >= 0.3 is 0 Å². The lowest BCUT2D eigenvalue weighted by Gasteiger charge is -2.21. The van der Waals surface area contributed by atoms with Crippen molar-refractivity contribution >= 4 is 17.2 Å². The average Bonchev–Trinajstić information content (AvgIpc) is 3.07. The predicted octanol–water partition coefficient (Wildman–Crippen LogP) is 3.77. The maximum Gasteiger partial charge on any atom is 0.222 e. The average molecular weight is 319 g/mol. The fourth-order valence-corrected chi connectivity index (χ4v) is 3.44. The van der Waals surface area contributed by atoms with Crippen LogP contribution in [0.1, 0.15) is 48.1 Å². The molecular formula is C17H25N3OS. The van der Waals surface area contributed by atoms with Crippen LogP contribution in [-0.4, -0.2) is 15.7 Å². The first-order valence-corrected chi connectivity index (χ1v) is 8.61. The summed E-state index contributed by atoms with van der Waals surface area (Å²) in [6.45, 7) is 11.0. The van der Waals surface area contributed by atoms with Gasteiger partial charge in [-0.25, -0.2) is 0 Å². The molecule has 120 valence electrons. The highest BCUT2D eigenvalue weighted by atomic mass is 32.1. The van der Waals surface area contributed by atoms with Gasteiger partial charge in [0.05, 0.1) is 11.7 Å². The molecule has 0 bridgehead atoms. The van der Waals surface area contributed by atoms with Crippen molar-refractivity contribution in [1.29, 1.82) is 0 Å². The molecule has 0 saturated carbocycles. The second-order valence-corrected chi connectivity index (χ2v) is 7.05. The van der Waals surface area contributed by atoms with Crippen molar-refractivity contribution in [2.45, 2.75) is 53.6 Å². The lowest BCUT2D eigenvalue weighted by atomic mass is 10.0. The van der Waals surface area contributed by atoms with E-state index in [-0.39, 0.29) is 11.9 Å². The van der Waals surface area contributed by atoms with E-state index in [0.29, 0.717) is 18.9 Å². The van der Waals surface area contributed by atoms with E-state index in [9.17, 15) is 4.79 Å². The van der Waals surface area contributed by atoms with Crippen LogP contribution in [0.25, 0.3) is 0 Å². The molecule has 1 amide bonds. The molecule has 2 rings (SSSR count). The highest BCUT2D eigenvalue weighted by Gasteiger charge is 2.19.